The van der Waals surface area contributed by atoms with Crippen LogP contribution in [0.25, 0.3) is 10.2 Å². The Balaban J connectivity index is 1.37. The average molecular weight is 504 g/mol. The first-order chi connectivity index (χ1) is 16.1. The molecule has 0 aliphatic carbocycles. The summed E-state index contributed by atoms with van der Waals surface area (Å²) in [4.78, 5) is 23.5. The Hall–Kier alpha value is -1.64. The van der Waals surface area contributed by atoms with Crippen LogP contribution < -0.4 is 4.90 Å². The van der Waals surface area contributed by atoms with Crippen molar-refractivity contribution in [1.29, 1.82) is 0 Å². The number of para-hydroxylation sites is 1. The number of benzene rings is 2. The fourth-order valence-electron chi connectivity index (χ4n) is 3.81. The van der Waals surface area contributed by atoms with Crippen LogP contribution in [-0.4, -0.2) is 60.9 Å². The molecule has 0 spiro atoms. The third-order valence-electron chi connectivity index (χ3n) is 5.67. The van der Waals surface area contributed by atoms with E-state index >= 15 is 0 Å². The summed E-state index contributed by atoms with van der Waals surface area (Å²) in [7, 11) is 0. The van der Waals surface area contributed by atoms with Crippen LogP contribution in [0.15, 0.2) is 47.4 Å². The topological polar surface area (TPSA) is 45.7 Å². The first-order valence-corrected chi connectivity index (χ1v) is 13.6. The molecular weight excluding hydrogens is 474 g/mol. The second-order valence-corrected chi connectivity index (χ2v) is 10.8. The van der Waals surface area contributed by atoms with E-state index in [1.54, 1.807) is 23.1 Å². The Bertz CT molecular complexity index is 1050. The second kappa shape index (κ2) is 12.2. The standard InChI is InChI=1S/C25H30ClN3O2S2/c1-19-8-10-20(11-9-19)32-18-3-7-23(30)29(13-4-12-28-14-16-31-17-15-28)25-27-24-21(26)5-2-6-22(24)33-25/h2,5-6,8-11H,3-4,7,12-18H2,1H3. The third kappa shape index (κ3) is 6.93. The van der Waals surface area contributed by atoms with Gasteiger partial charge in [0.05, 0.1) is 22.9 Å². The molecule has 0 atom stereocenters. The van der Waals surface area contributed by atoms with Gasteiger partial charge in [-0.1, -0.05) is 46.7 Å². The molecule has 4 rings (SSSR count). The molecule has 1 aromatic heterocycles. The number of anilines is 1. The SMILES string of the molecule is Cc1ccc(SCCCC(=O)N(CCCN2CCOCC2)c2nc3c(Cl)cccc3s2)cc1. The van der Waals surface area contributed by atoms with Gasteiger partial charge in [-0.2, -0.15) is 0 Å². The number of hydrogen-bond acceptors (Lipinski definition) is 6. The maximum Gasteiger partial charge on any atom is 0.228 e. The van der Waals surface area contributed by atoms with Crippen LogP contribution in [0.3, 0.4) is 0 Å². The van der Waals surface area contributed by atoms with Crippen molar-refractivity contribution in [3.05, 3.63) is 53.1 Å². The van der Waals surface area contributed by atoms with E-state index in [0.717, 1.165) is 66.8 Å². The highest BCUT2D eigenvalue weighted by atomic mass is 35.5. The van der Waals surface area contributed by atoms with Crippen LogP contribution in [0, 0.1) is 6.92 Å². The van der Waals surface area contributed by atoms with Gasteiger partial charge in [-0.25, -0.2) is 4.98 Å². The number of aromatic nitrogens is 1. The van der Waals surface area contributed by atoms with Gasteiger partial charge in [-0.05, 0) is 49.8 Å². The molecule has 5 nitrogen and oxygen atoms in total. The van der Waals surface area contributed by atoms with Gasteiger partial charge in [0.25, 0.3) is 0 Å². The van der Waals surface area contributed by atoms with Gasteiger partial charge in [-0.15, -0.1) is 11.8 Å². The summed E-state index contributed by atoms with van der Waals surface area (Å²) < 4.78 is 6.46. The first kappa shape index (κ1) is 24.5. The van der Waals surface area contributed by atoms with Crippen LogP contribution in [0.1, 0.15) is 24.8 Å². The van der Waals surface area contributed by atoms with E-state index < -0.39 is 0 Å². The van der Waals surface area contributed by atoms with Crippen molar-refractivity contribution in [1.82, 2.24) is 9.88 Å². The maximum absolute atomic E-state index is 13.3. The molecule has 8 heteroatoms. The monoisotopic (exact) mass is 503 g/mol. The number of thioether (sulfide) groups is 1. The van der Waals surface area contributed by atoms with E-state index in [2.05, 4.69) is 36.1 Å². The normalized spacial score (nSPS) is 14.6. The molecule has 2 heterocycles. The van der Waals surface area contributed by atoms with Gasteiger partial charge in [-0.3, -0.25) is 14.6 Å². The zero-order chi connectivity index (χ0) is 23.0. The smallest absolute Gasteiger partial charge is 0.228 e. The molecular formula is C25H30ClN3O2S2. The number of fused-ring (bicyclic) bond motifs is 1. The number of carbonyl (C=O) groups is 1. The number of hydrogen-bond donors (Lipinski definition) is 0. The van der Waals surface area contributed by atoms with Crippen molar-refractivity contribution < 1.29 is 9.53 Å². The van der Waals surface area contributed by atoms with Crippen molar-refractivity contribution in [2.24, 2.45) is 0 Å². The number of nitrogens with zero attached hydrogens (tertiary/aromatic N) is 3. The van der Waals surface area contributed by atoms with Crippen LogP contribution in [-0.2, 0) is 9.53 Å². The molecule has 0 saturated carbocycles. The van der Waals surface area contributed by atoms with Gasteiger partial charge in [0.1, 0.15) is 5.52 Å². The number of aryl methyl sites for hydroxylation is 1. The van der Waals surface area contributed by atoms with Crippen LogP contribution in [0.4, 0.5) is 5.13 Å². The minimum Gasteiger partial charge on any atom is -0.379 e. The lowest BCUT2D eigenvalue weighted by Gasteiger charge is -2.27. The summed E-state index contributed by atoms with van der Waals surface area (Å²) in [5.74, 6) is 1.05. The molecule has 1 amide bonds. The van der Waals surface area contributed by atoms with E-state index in [4.69, 9.17) is 21.3 Å². The van der Waals surface area contributed by atoms with E-state index in [1.807, 2.05) is 23.1 Å². The van der Waals surface area contributed by atoms with Crippen molar-refractivity contribution >= 4 is 56.0 Å². The molecule has 2 aromatic carbocycles. The highest BCUT2D eigenvalue weighted by Crippen LogP contribution is 2.33. The summed E-state index contributed by atoms with van der Waals surface area (Å²) in [6, 6.07) is 14.3. The number of carbonyl (C=O) groups excluding carboxylic acids is 1. The zero-order valence-corrected chi connectivity index (χ0v) is 21.4. The van der Waals surface area contributed by atoms with Crippen LogP contribution in [0.5, 0.6) is 0 Å². The van der Waals surface area contributed by atoms with Gasteiger partial charge in [0.2, 0.25) is 5.91 Å². The number of morpholine rings is 1. The van der Waals surface area contributed by atoms with Crippen molar-refractivity contribution in [2.45, 2.75) is 31.1 Å². The van der Waals surface area contributed by atoms with Gasteiger partial charge in [0, 0.05) is 37.5 Å². The molecule has 1 aliphatic rings. The van der Waals surface area contributed by atoms with Crippen LogP contribution >= 0.6 is 34.7 Å². The van der Waals surface area contributed by atoms with Crippen LogP contribution in [0.2, 0.25) is 5.02 Å². The molecule has 1 saturated heterocycles. The summed E-state index contributed by atoms with van der Waals surface area (Å²) in [5.41, 5.74) is 2.04. The highest BCUT2D eigenvalue weighted by Gasteiger charge is 2.21. The molecule has 0 N–H and O–H groups in total. The lowest BCUT2D eigenvalue weighted by atomic mass is 10.2. The lowest BCUT2D eigenvalue weighted by molar-refractivity contribution is -0.118. The van der Waals surface area contributed by atoms with E-state index in [-0.39, 0.29) is 5.91 Å². The molecule has 1 aliphatic heterocycles. The van der Waals surface area contributed by atoms with Gasteiger partial charge in [0.15, 0.2) is 5.13 Å². The Morgan fingerprint density at radius 1 is 1.18 bits per heavy atom. The maximum atomic E-state index is 13.3. The molecule has 0 unspecified atom stereocenters. The summed E-state index contributed by atoms with van der Waals surface area (Å²) in [5, 5.41) is 1.38. The van der Waals surface area contributed by atoms with Crippen molar-refractivity contribution in [3.63, 3.8) is 0 Å². The summed E-state index contributed by atoms with van der Waals surface area (Å²) in [6.45, 7) is 7.22. The van der Waals surface area contributed by atoms with Crippen molar-refractivity contribution in [3.8, 4) is 0 Å². The fourth-order valence-corrected chi connectivity index (χ4v) is 5.97. The second-order valence-electron chi connectivity index (χ2n) is 8.20. The van der Waals surface area contributed by atoms with E-state index in [0.29, 0.717) is 18.0 Å². The molecule has 176 valence electrons. The Labute approximate surface area is 209 Å². The molecule has 0 radical (unpaired) electrons. The number of amides is 1. The Morgan fingerprint density at radius 2 is 1.97 bits per heavy atom. The minimum absolute atomic E-state index is 0.136. The Morgan fingerprint density at radius 3 is 2.73 bits per heavy atom. The molecule has 33 heavy (non-hydrogen) atoms. The predicted molar refractivity (Wildman–Crippen MR) is 140 cm³/mol. The third-order valence-corrected chi connectivity index (χ3v) is 8.12. The fraction of sp³-hybridized carbons (Fsp3) is 0.440. The van der Waals surface area contributed by atoms with E-state index in [9.17, 15) is 4.79 Å². The Kier molecular flexibility index (Phi) is 9.03. The zero-order valence-electron chi connectivity index (χ0n) is 19.0. The van der Waals surface area contributed by atoms with Gasteiger partial charge >= 0.3 is 0 Å². The number of thiazole rings is 1. The number of halogens is 1. The predicted octanol–water partition coefficient (Wildman–Crippen LogP) is 5.89. The first-order valence-electron chi connectivity index (χ1n) is 11.4. The molecule has 0 bridgehead atoms. The summed E-state index contributed by atoms with van der Waals surface area (Å²) >= 11 is 9.69. The number of ether oxygens (including phenoxy) is 1. The highest BCUT2D eigenvalue weighted by molar-refractivity contribution is 7.99. The van der Waals surface area contributed by atoms with E-state index in [1.165, 1.54) is 10.5 Å². The van der Waals surface area contributed by atoms with Gasteiger partial charge < -0.3 is 4.74 Å². The molecule has 1 fully saturated rings. The minimum atomic E-state index is 0.136. The van der Waals surface area contributed by atoms with Crippen molar-refractivity contribution in [2.75, 3.05) is 50.0 Å². The lowest BCUT2D eigenvalue weighted by Crippen LogP contribution is -2.39. The summed E-state index contributed by atoms with van der Waals surface area (Å²) in [6.07, 6.45) is 2.26. The number of rotatable bonds is 10. The quantitative estimate of drug-likeness (QED) is 0.255. The average Bonchev–Trinajstić information content (AvgIpc) is 3.26. The largest absolute Gasteiger partial charge is 0.379 e. The molecule has 3 aromatic rings.